The number of hydrogen-bond acceptors (Lipinski definition) is 5. The normalized spacial score (nSPS) is 11.1. The number of carboxylic acids is 1. The Balaban J connectivity index is 2.26. The van der Waals surface area contributed by atoms with Crippen LogP contribution in [0.2, 0.25) is 0 Å². The highest BCUT2D eigenvalue weighted by Gasteiger charge is 2.15. The Morgan fingerprint density at radius 3 is 2.84 bits per heavy atom. The highest BCUT2D eigenvalue weighted by atomic mass is 32.1. The van der Waals surface area contributed by atoms with E-state index in [1.165, 1.54) is 11.3 Å². The minimum Gasteiger partial charge on any atom is -0.477 e. The number of hydrogen-bond donors (Lipinski definition) is 1. The first-order valence-electron chi connectivity index (χ1n) is 5.56. The summed E-state index contributed by atoms with van der Waals surface area (Å²) in [6.07, 6.45) is 1.70. The van der Waals surface area contributed by atoms with E-state index in [0.717, 1.165) is 21.6 Å². The van der Waals surface area contributed by atoms with Crippen molar-refractivity contribution in [3.05, 3.63) is 29.0 Å². The topological polar surface area (TPSA) is 80.9 Å². The van der Waals surface area contributed by atoms with E-state index in [9.17, 15) is 4.79 Å². The average molecular weight is 274 g/mol. The van der Waals surface area contributed by atoms with Crippen molar-refractivity contribution in [1.29, 1.82) is 0 Å². The summed E-state index contributed by atoms with van der Waals surface area (Å²) in [5.74, 6) is -0.291. The summed E-state index contributed by atoms with van der Waals surface area (Å²) in [5.41, 5.74) is 1.47. The first-order chi connectivity index (χ1) is 9.06. The van der Waals surface area contributed by atoms with Crippen LogP contribution in [0.1, 0.15) is 15.5 Å². The number of aromatic nitrogens is 4. The Hall–Kier alpha value is -2.28. The molecule has 0 bridgehead atoms. The zero-order chi connectivity index (χ0) is 13.6. The van der Waals surface area contributed by atoms with Gasteiger partial charge < -0.3 is 5.11 Å². The molecule has 3 rings (SSSR count). The molecular formula is C12H10N4O2S. The first-order valence-corrected chi connectivity index (χ1v) is 6.38. The lowest BCUT2D eigenvalue weighted by Crippen LogP contribution is -1.96. The van der Waals surface area contributed by atoms with Gasteiger partial charge in [0.2, 0.25) is 0 Å². The molecule has 0 aromatic carbocycles. The van der Waals surface area contributed by atoms with Crippen molar-refractivity contribution in [1.82, 2.24) is 19.7 Å². The number of carboxylic acid groups (broad SMARTS) is 1. The number of aromatic carboxylic acids is 1. The van der Waals surface area contributed by atoms with E-state index in [2.05, 4.69) is 15.1 Å². The number of thiophene rings is 1. The van der Waals surface area contributed by atoms with Crippen LogP contribution in [0, 0.1) is 6.92 Å². The van der Waals surface area contributed by atoms with E-state index in [-0.39, 0.29) is 0 Å². The first kappa shape index (κ1) is 11.8. The van der Waals surface area contributed by atoms with Crippen LogP contribution in [-0.2, 0) is 7.05 Å². The Kier molecular flexibility index (Phi) is 2.56. The average Bonchev–Trinajstić information content (AvgIpc) is 2.97. The van der Waals surface area contributed by atoms with Crippen LogP contribution >= 0.6 is 11.3 Å². The van der Waals surface area contributed by atoms with Gasteiger partial charge in [-0.15, -0.1) is 11.3 Å². The summed E-state index contributed by atoms with van der Waals surface area (Å²) in [4.78, 5) is 20.8. The fourth-order valence-electron chi connectivity index (χ4n) is 1.90. The number of aryl methyl sites for hydroxylation is 2. The molecule has 0 aliphatic heterocycles. The molecule has 0 spiro atoms. The van der Waals surface area contributed by atoms with Gasteiger partial charge in [0.25, 0.3) is 0 Å². The highest BCUT2D eigenvalue weighted by Crippen LogP contribution is 2.31. The molecule has 0 unspecified atom stereocenters. The maximum Gasteiger partial charge on any atom is 0.345 e. The van der Waals surface area contributed by atoms with E-state index in [1.807, 2.05) is 14.0 Å². The van der Waals surface area contributed by atoms with E-state index < -0.39 is 5.97 Å². The molecule has 0 aliphatic rings. The Labute approximate surface area is 112 Å². The summed E-state index contributed by atoms with van der Waals surface area (Å²) >= 11 is 1.20. The standard InChI is InChI=1S/C12H10N4O2S/c1-6-14-10(7-5-13-16(2)11(7)15-6)8-3-4-9(19-8)12(17)18/h3-5H,1-2H3,(H,17,18). The molecule has 0 atom stereocenters. The molecule has 0 fully saturated rings. The van der Waals surface area contributed by atoms with Crippen molar-refractivity contribution in [3.63, 3.8) is 0 Å². The Morgan fingerprint density at radius 2 is 2.16 bits per heavy atom. The van der Waals surface area contributed by atoms with Gasteiger partial charge in [-0.05, 0) is 19.1 Å². The Morgan fingerprint density at radius 1 is 1.37 bits per heavy atom. The van der Waals surface area contributed by atoms with Crippen molar-refractivity contribution >= 4 is 28.3 Å². The van der Waals surface area contributed by atoms with Crippen molar-refractivity contribution in [3.8, 4) is 10.6 Å². The van der Waals surface area contributed by atoms with Crippen LogP contribution in [0.3, 0.4) is 0 Å². The maximum absolute atomic E-state index is 10.9. The third-order valence-corrected chi connectivity index (χ3v) is 3.83. The lowest BCUT2D eigenvalue weighted by atomic mass is 10.2. The maximum atomic E-state index is 10.9. The second-order valence-corrected chi connectivity index (χ2v) is 5.18. The van der Waals surface area contributed by atoms with Gasteiger partial charge in [0.15, 0.2) is 5.65 Å². The molecule has 7 heteroatoms. The lowest BCUT2D eigenvalue weighted by molar-refractivity contribution is 0.0702. The summed E-state index contributed by atoms with van der Waals surface area (Å²) in [6, 6.07) is 3.35. The number of rotatable bonds is 2. The summed E-state index contributed by atoms with van der Waals surface area (Å²) in [5, 5.41) is 14.0. The predicted octanol–water partition coefficient (Wildman–Crippen LogP) is 2.10. The number of nitrogens with zero attached hydrogens (tertiary/aromatic N) is 4. The molecule has 0 saturated heterocycles. The monoisotopic (exact) mass is 274 g/mol. The van der Waals surface area contributed by atoms with Gasteiger partial charge in [0.1, 0.15) is 10.7 Å². The molecule has 6 nitrogen and oxygen atoms in total. The third kappa shape index (κ3) is 1.88. The van der Waals surface area contributed by atoms with Crippen LogP contribution in [0.5, 0.6) is 0 Å². The van der Waals surface area contributed by atoms with Gasteiger partial charge in [0, 0.05) is 7.05 Å². The van der Waals surface area contributed by atoms with E-state index in [4.69, 9.17) is 5.11 Å². The molecule has 3 aromatic heterocycles. The van der Waals surface area contributed by atoms with Crippen molar-refractivity contribution in [2.75, 3.05) is 0 Å². The van der Waals surface area contributed by atoms with E-state index >= 15 is 0 Å². The van der Waals surface area contributed by atoms with E-state index in [1.54, 1.807) is 23.0 Å². The fraction of sp³-hybridized carbons (Fsp3) is 0.167. The van der Waals surface area contributed by atoms with Crippen LogP contribution in [0.4, 0.5) is 0 Å². The predicted molar refractivity (Wildman–Crippen MR) is 71.3 cm³/mol. The zero-order valence-corrected chi connectivity index (χ0v) is 11.1. The zero-order valence-electron chi connectivity index (χ0n) is 10.3. The molecule has 19 heavy (non-hydrogen) atoms. The molecular weight excluding hydrogens is 264 g/mol. The smallest absolute Gasteiger partial charge is 0.345 e. The SMILES string of the molecule is Cc1nc(-c2ccc(C(=O)O)s2)c2cnn(C)c2n1. The molecule has 0 amide bonds. The van der Waals surface area contributed by atoms with Crippen LogP contribution in [0.15, 0.2) is 18.3 Å². The van der Waals surface area contributed by atoms with Gasteiger partial charge in [-0.1, -0.05) is 0 Å². The van der Waals surface area contributed by atoms with Gasteiger partial charge in [-0.25, -0.2) is 14.8 Å². The minimum atomic E-state index is -0.926. The van der Waals surface area contributed by atoms with Gasteiger partial charge >= 0.3 is 5.97 Å². The van der Waals surface area contributed by atoms with Crippen molar-refractivity contribution in [2.45, 2.75) is 6.92 Å². The highest BCUT2D eigenvalue weighted by molar-refractivity contribution is 7.17. The van der Waals surface area contributed by atoms with Crippen molar-refractivity contribution in [2.24, 2.45) is 7.05 Å². The Bertz CT molecular complexity index is 790. The van der Waals surface area contributed by atoms with Gasteiger partial charge in [-0.2, -0.15) is 5.10 Å². The molecule has 0 radical (unpaired) electrons. The number of fused-ring (bicyclic) bond motifs is 1. The molecule has 96 valence electrons. The lowest BCUT2D eigenvalue weighted by Gasteiger charge is -2.01. The summed E-state index contributed by atoms with van der Waals surface area (Å²) in [6.45, 7) is 1.81. The van der Waals surface area contributed by atoms with Gasteiger partial charge in [0.05, 0.1) is 22.2 Å². The van der Waals surface area contributed by atoms with Gasteiger partial charge in [-0.3, -0.25) is 4.68 Å². The number of carbonyl (C=O) groups is 1. The molecule has 3 heterocycles. The molecule has 3 aromatic rings. The summed E-state index contributed by atoms with van der Waals surface area (Å²) < 4.78 is 1.68. The van der Waals surface area contributed by atoms with E-state index in [0.29, 0.717) is 10.7 Å². The third-order valence-electron chi connectivity index (χ3n) is 2.75. The molecule has 0 saturated carbocycles. The molecule has 1 N–H and O–H groups in total. The van der Waals surface area contributed by atoms with Crippen LogP contribution in [0.25, 0.3) is 21.6 Å². The minimum absolute atomic E-state index is 0.295. The fourth-order valence-corrected chi connectivity index (χ4v) is 2.75. The largest absolute Gasteiger partial charge is 0.477 e. The summed E-state index contributed by atoms with van der Waals surface area (Å²) in [7, 11) is 1.82. The quantitative estimate of drug-likeness (QED) is 0.774. The van der Waals surface area contributed by atoms with Crippen LogP contribution < -0.4 is 0 Å². The second kappa shape index (κ2) is 4.13. The second-order valence-electron chi connectivity index (χ2n) is 4.09. The molecule has 0 aliphatic carbocycles. The van der Waals surface area contributed by atoms with Crippen molar-refractivity contribution < 1.29 is 9.90 Å². The van der Waals surface area contributed by atoms with Crippen LogP contribution in [-0.4, -0.2) is 30.8 Å².